The van der Waals surface area contributed by atoms with E-state index in [-0.39, 0.29) is 6.03 Å². The molecule has 0 aliphatic heterocycles. The lowest BCUT2D eigenvalue weighted by Gasteiger charge is -2.13. The predicted octanol–water partition coefficient (Wildman–Crippen LogP) is 4.15. The third-order valence-electron chi connectivity index (χ3n) is 3.99. The Bertz CT molecular complexity index is 464. The Balaban J connectivity index is 1.85. The van der Waals surface area contributed by atoms with Crippen molar-refractivity contribution in [1.29, 1.82) is 0 Å². The van der Waals surface area contributed by atoms with E-state index in [0.29, 0.717) is 18.3 Å². The van der Waals surface area contributed by atoms with Crippen LogP contribution in [-0.2, 0) is 4.84 Å². The molecule has 1 atom stereocenters. The van der Waals surface area contributed by atoms with Gasteiger partial charge in [-0.3, -0.25) is 10.2 Å². The van der Waals surface area contributed by atoms with Gasteiger partial charge in [0.25, 0.3) is 0 Å². The summed E-state index contributed by atoms with van der Waals surface area (Å²) in [7, 11) is 0. The number of urea groups is 1. The number of carbonyl (C=O) groups is 1. The topological polar surface area (TPSA) is 88.2 Å². The number of nitrogens with one attached hydrogen (secondary N) is 3. The van der Waals surface area contributed by atoms with Gasteiger partial charge < -0.3 is 5.32 Å². The third kappa shape index (κ3) is 12.1. The van der Waals surface area contributed by atoms with Gasteiger partial charge in [0.1, 0.15) is 12.1 Å². The Hall–Kier alpha value is -1.38. The van der Waals surface area contributed by atoms with E-state index in [1.807, 2.05) is 0 Å². The number of amides is 2. The van der Waals surface area contributed by atoms with Crippen LogP contribution in [0.15, 0.2) is 18.6 Å². The largest absolute Gasteiger partial charge is 0.338 e. The molecule has 1 rings (SSSR count). The van der Waals surface area contributed by atoms with Crippen molar-refractivity contribution in [3.63, 3.8) is 0 Å². The molecule has 8 heteroatoms. The van der Waals surface area contributed by atoms with Gasteiger partial charge in [0.05, 0.1) is 6.61 Å². The third-order valence-corrected chi connectivity index (χ3v) is 4.72. The summed E-state index contributed by atoms with van der Waals surface area (Å²) in [5.74, 6) is 2.20. The SMILES string of the molecule is CCCC(CC)CONSCCCCCCNC(=O)Nc1ccncn1. The molecule has 1 aromatic rings. The summed E-state index contributed by atoms with van der Waals surface area (Å²) in [6.07, 6.45) is 11.0. The van der Waals surface area contributed by atoms with Crippen LogP contribution < -0.4 is 15.5 Å². The minimum atomic E-state index is -0.228. The first kappa shape index (κ1) is 22.7. The van der Waals surface area contributed by atoms with Crippen molar-refractivity contribution in [1.82, 2.24) is 20.2 Å². The molecule has 7 nitrogen and oxygen atoms in total. The van der Waals surface area contributed by atoms with Crippen molar-refractivity contribution in [3.05, 3.63) is 18.6 Å². The highest BCUT2D eigenvalue weighted by Crippen LogP contribution is 2.11. The molecule has 2 amide bonds. The molecular formula is C18H33N5O2S. The lowest BCUT2D eigenvalue weighted by Crippen LogP contribution is -2.29. The molecule has 0 aromatic carbocycles. The molecule has 1 heterocycles. The number of nitrogens with zero attached hydrogens (tertiary/aromatic N) is 2. The molecule has 0 radical (unpaired) electrons. The molecule has 1 unspecified atom stereocenters. The Labute approximate surface area is 161 Å². The fourth-order valence-electron chi connectivity index (χ4n) is 2.43. The fourth-order valence-corrected chi connectivity index (χ4v) is 3.01. The summed E-state index contributed by atoms with van der Waals surface area (Å²) in [4.78, 5) is 27.9. The molecule has 0 aliphatic rings. The monoisotopic (exact) mass is 383 g/mol. The molecule has 0 bridgehead atoms. The number of rotatable bonds is 15. The van der Waals surface area contributed by atoms with Gasteiger partial charge in [-0.2, -0.15) is 0 Å². The molecule has 0 aliphatic carbocycles. The van der Waals surface area contributed by atoms with E-state index < -0.39 is 0 Å². The van der Waals surface area contributed by atoms with Crippen molar-refractivity contribution in [2.45, 2.75) is 58.8 Å². The summed E-state index contributed by atoms with van der Waals surface area (Å²) < 4.78 is 0. The molecule has 148 valence electrons. The zero-order valence-electron chi connectivity index (χ0n) is 16.0. The molecule has 1 aromatic heterocycles. The van der Waals surface area contributed by atoms with Crippen molar-refractivity contribution >= 4 is 23.8 Å². The van der Waals surface area contributed by atoms with Gasteiger partial charge in [0.15, 0.2) is 0 Å². The summed E-state index contributed by atoms with van der Waals surface area (Å²) in [6, 6.07) is 1.43. The number of aromatic nitrogens is 2. The van der Waals surface area contributed by atoms with Gasteiger partial charge in [0.2, 0.25) is 0 Å². The molecule has 3 N–H and O–H groups in total. The van der Waals surface area contributed by atoms with E-state index in [1.165, 1.54) is 25.6 Å². The van der Waals surface area contributed by atoms with E-state index in [0.717, 1.165) is 38.0 Å². The quantitative estimate of drug-likeness (QED) is 0.239. The van der Waals surface area contributed by atoms with Crippen LogP contribution in [0.1, 0.15) is 58.8 Å². The van der Waals surface area contributed by atoms with Gasteiger partial charge in [-0.05, 0) is 31.2 Å². The van der Waals surface area contributed by atoms with Gasteiger partial charge in [0, 0.05) is 18.5 Å². The Kier molecular flexibility index (Phi) is 13.8. The van der Waals surface area contributed by atoms with Crippen LogP contribution in [0.5, 0.6) is 0 Å². The second kappa shape index (κ2) is 15.8. The lowest BCUT2D eigenvalue weighted by atomic mass is 10.0. The molecule has 26 heavy (non-hydrogen) atoms. The minimum Gasteiger partial charge on any atom is -0.338 e. The van der Waals surface area contributed by atoms with Crippen LogP contribution >= 0.6 is 11.9 Å². The average Bonchev–Trinajstić information content (AvgIpc) is 2.66. The Morgan fingerprint density at radius 1 is 1.27 bits per heavy atom. The highest BCUT2D eigenvalue weighted by atomic mass is 32.2. The fraction of sp³-hybridized carbons (Fsp3) is 0.722. The van der Waals surface area contributed by atoms with Crippen molar-refractivity contribution in [2.75, 3.05) is 24.2 Å². The standard InChI is InChI=1S/C18H33N5O2S/c1-3-9-16(4-2)14-25-23-26-13-8-6-5-7-11-20-18(24)22-17-10-12-19-15-21-17/h10,12,15-16,23H,3-9,11,13-14H2,1-2H3,(H2,19,20,21,22,24). The van der Waals surface area contributed by atoms with Crippen LogP contribution in [0.3, 0.4) is 0 Å². The summed E-state index contributed by atoms with van der Waals surface area (Å²) in [5.41, 5.74) is 0. The summed E-state index contributed by atoms with van der Waals surface area (Å²) in [6.45, 7) is 5.89. The first-order valence-electron chi connectivity index (χ1n) is 9.55. The summed E-state index contributed by atoms with van der Waals surface area (Å²) >= 11 is 1.63. The highest BCUT2D eigenvalue weighted by Gasteiger charge is 2.05. The minimum absolute atomic E-state index is 0.228. The first-order chi connectivity index (χ1) is 12.8. The molecule has 0 saturated carbocycles. The number of anilines is 1. The van der Waals surface area contributed by atoms with Gasteiger partial charge in [-0.25, -0.2) is 14.8 Å². The zero-order valence-corrected chi connectivity index (χ0v) is 16.8. The van der Waals surface area contributed by atoms with Crippen LogP contribution in [0.25, 0.3) is 0 Å². The van der Waals surface area contributed by atoms with E-state index in [2.05, 4.69) is 39.3 Å². The van der Waals surface area contributed by atoms with Crippen molar-refractivity contribution in [3.8, 4) is 0 Å². The maximum atomic E-state index is 11.7. The van der Waals surface area contributed by atoms with Crippen LogP contribution in [0.4, 0.5) is 10.6 Å². The van der Waals surface area contributed by atoms with Crippen LogP contribution in [-0.4, -0.2) is 34.9 Å². The molecule has 0 spiro atoms. The van der Waals surface area contributed by atoms with E-state index >= 15 is 0 Å². The summed E-state index contributed by atoms with van der Waals surface area (Å²) in [5, 5.41) is 5.49. The maximum absolute atomic E-state index is 11.7. The van der Waals surface area contributed by atoms with E-state index in [9.17, 15) is 4.79 Å². The predicted molar refractivity (Wildman–Crippen MR) is 108 cm³/mol. The molecule has 0 saturated heterocycles. The van der Waals surface area contributed by atoms with E-state index in [4.69, 9.17) is 4.84 Å². The Morgan fingerprint density at radius 2 is 2.12 bits per heavy atom. The zero-order chi connectivity index (χ0) is 18.9. The number of hydrogen-bond donors (Lipinski definition) is 3. The first-order valence-corrected chi connectivity index (χ1v) is 10.5. The molecule has 0 fully saturated rings. The van der Waals surface area contributed by atoms with Gasteiger partial charge >= 0.3 is 6.03 Å². The van der Waals surface area contributed by atoms with Crippen LogP contribution in [0, 0.1) is 5.92 Å². The lowest BCUT2D eigenvalue weighted by molar-refractivity contribution is 0.0653. The van der Waals surface area contributed by atoms with Crippen molar-refractivity contribution < 1.29 is 9.63 Å². The van der Waals surface area contributed by atoms with Crippen molar-refractivity contribution in [2.24, 2.45) is 5.92 Å². The maximum Gasteiger partial charge on any atom is 0.320 e. The Morgan fingerprint density at radius 3 is 2.85 bits per heavy atom. The second-order valence-electron chi connectivity index (χ2n) is 6.20. The normalized spacial score (nSPS) is 11.9. The number of carbonyl (C=O) groups excluding carboxylic acids is 1. The van der Waals surface area contributed by atoms with E-state index in [1.54, 1.807) is 24.2 Å². The number of unbranched alkanes of at least 4 members (excludes halogenated alkanes) is 3. The smallest absolute Gasteiger partial charge is 0.320 e. The second-order valence-corrected chi connectivity index (χ2v) is 7.06. The average molecular weight is 384 g/mol. The van der Waals surface area contributed by atoms with Gasteiger partial charge in [-0.1, -0.05) is 51.5 Å². The van der Waals surface area contributed by atoms with Crippen LogP contribution in [0.2, 0.25) is 0 Å². The van der Waals surface area contributed by atoms with Gasteiger partial charge in [-0.15, -0.1) is 4.89 Å². The number of hydrogen-bond acceptors (Lipinski definition) is 6. The highest BCUT2D eigenvalue weighted by molar-refractivity contribution is 7.97. The molecular weight excluding hydrogens is 350 g/mol.